The minimum absolute atomic E-state index is 0.336. The van der Waals surface area contributed by atoms with Gasteiger partial charge in [0.1, 0.15) is 11.6 Å². The largest absolute Gasteiger partial charge is 0.469 e. The zero-order valence-electron chi connectivity index (χ0n) is 13.3. The van der Waals surface area contributed by atoms with E-state index < -0.39 is 17.6 Å². The van der Waals surface area contributed by atoms with Crippen molar-refractivity contribution in [3.63, 3.8) is 0 Å². The molecule has 0 aromatic heterocycles. The maximum atomic E-state index is 14.1. The van der Waals surface area contributed by atoms with Gasteiger partial charge in [0.15, 0.2) is 0 Å². The maximum Gasteiger partial charge on any atom is 0.310 e. The summed E-state index contributed by atoms with van der Waals surface area (Å²) in [5.74, 6) is -2.45. The lowest BCUT2D eigenvalue weighted by Crippen LogP contribution is -2.52. The van der Waals surface area contributed by atoms with Gasteiger partial charge in [0.05, 0.1) is 18.7 Å². The summed E-state index contributed by atoms with van der Waals surface area (Å²) in [6.07, 6.45) is 0. The van der Waals surface area contributed by atoms with Gasteiger partial charge >= 0.3 is 5.97 Å². The second-order valence-corrected chi connectivity index (χ2v) is 6.12. The second kappa shape index (κ2) is 6.30. The summed E-state index contributed by atoms with van der Waals surface area (Å²) in [5.41, 5.74) is 0.0172. The highest BCUT2D eigenvalue weighted by atomic mass is 19.1. The molecule has 4 nitrogen and oxygen atoms in total. The minimum atomic E-state index is -0.624. The van der Waals surface area contributed by atoms with Crippen LogP contribution in [0.3, 0.4) is 0 Å². The number of nitrogens with zero attached hydrogens (tertiary/aromatic N) is 1. The molecule has 1 saturated heterocycles. The van der Waals surface area contributed by atoms with Crippen molar-refractivity contribution in [1.29, 1.82) is 0 Å². The summed E-state index contributed by atoms with van der Waals surface area (Å²) in [6, 6.07) is 3.50. The molecule has 1 aromatic rings. The number of likely N-dealkylation sites (tertiary alicyclic amines) is 1. The fraction of sp³-hybridized carbons (Fsp3) is 0.562. The summed E-state index contributed by atoms with van der Waals surface area (Å²) in [4.78, 5) is 14.1. The molecular formula is C16H22F2N2O2. The summed E-state index contributed by atoms with van der Waals surface area (Å²) < 4.78 is 32.1. The lowest BCUT2D eigenvalue weighted by Gasteiger charge is -2.35. The van der Waals surface area contributed by atoms with Crippen LogP contribution in [0.15, 0.2) is 18.2 Å². The molecular weight excluding hydrogens is 290 g/mol. The standard InChI is InChI=1S/C16H22F2N2O2/c1-16(2,19-3)20-8-12(13(9-20)15(21)22-4)11-6-5-10(17)7-14(11)18/h5-7,12-13,19H,8-9H2,1-4H3/t12-,13+/m0/s1. The predicted molar refractivity (Wildman–Crippen MR) is 79.3 cm³/mol. The fourth-order valence-corrected chi connectivity index (χ4v) is 2.93. The minimum Gasteiger partial charge on any atom is -0.469 e. The van der Waals surface area contributed by atoms with Gasteiger partial charge in [-0.2, -0.15) is 0 Å². The van der Waals surface area contributed by atoms with E-state index in [0.29, 0.717) is 18.7 Å². The predicted octanol–water partition coefficient (Wildman–Crippen LogP) is 2.11. The molecule has 0 radical (unpaired) electrons. The molecule has 6 heteroatoms. The van der Waals surface area contributed by atoms with Crippen molar-refractivity contribution in [2.45, 2.75) is 25.4 Å². The Hall–Kier alpha value is -1.53. The van der Waals surface area contributed by atoms with E-state index in [4.69, 9.17) is 4.74 Å². The fourth-order valence-electron chi connectivity index (χ4n) is 2.93. The number of carbonyl (C=O) groups excluding carboxylic acids is 1. The van der Waals surface area contributed by atoms with E-state index in [-0.39, 0.29) is 17.6 Å². The molecule has 2 rings (SSSR count). The van der Waals surface area contributed by atoms with Crippen LogP contribution in [0.2, 0.25) is 0 Å². The van der Waals surface area contributed by atoms with Crippen LogP contribution in [0.25, 0.3) is 0 Å². The summed E-state index contributed by atoms with van der Waals surface area (Å²) in [5, 5.41) is 3.18. The number of carbonyl (C=O) groups is 1. The third kappa shape index (κ3) is 3.13. The topological polar surface area (TPSA) is 41.6 Å². The lowest BCUT2D eigenvalue weighted by molar-refractivity contribution is -0.145. The van der Waals surface area contributed by atoms with Crippen molar-refractivity contribution in [3.8, 4) is 0 Å². The number of rotatable bonds is 4. The SMILES string of the molecule is CNC(C)(C)N1C[C@@H](C(=O)OC)[C@H](c2ccc(F)cc2F)C1. The Morgan fingerprint density at radius 2 is 2.05 bits per heavy atom. The maximum absolute atomic E-state index is 14.1. The molecule has 122 valence electrons. The first-order chi connectivity index (χ1) is 10.3. The lowest BCUT2D eigenvalue weighted by atomic mass is 9.88. The van der Waals surface area contributed by atoms with Gasteiger partial charge < -0.3 is 10.1 Å². The van der Waals surface area contributed by atoms with Crippen LogP contribution in [0.1, 0.15) is 25.3 Å². The third-order valence-corrected chi connectivity index (χ3v) is 4.59. The number of nitrogens with one attached hydrogen (secondary N) is 1. The molecule has 0 saturated carbocycles. The van der Waals surface area contributed by atoms with Crippen LogP contribution < -0.4 is 5.32 Å². The summed E-state index contributed by atoms with van der Waals surface area (Å²) >= 11 is 0. The van der Waals surface area contributed by atoms with Crippen molar-refractivity contribution in [1.82, 2.24) is 10.2 Å². The highest BCUT2D eigenvalue weighted by molar-refractivity contribution is 5.74. The van der Waals surface area contributed by atoms with E-state index in [0.717, 1.165) is 6.07 Å². The van der Waals surface area contributed by atoms with Crippen LogP contribution in [-0.4, -0.2) is 43.8 Å². The van der Waals surface area contributed by atoms with Gasteiger partial charge in [0, 0.05) is 25.1 Å². The Labute approximate surface area is 129 Å². The Balaban J connectivity index is 2.36. The van der Waals surface area contributed by atoms with E-state index in [1.54, 1.807) is 0 Å². The van der Waals surface area contributed by atoms with Crippen molar-refractivity contribution in [2.75, 3.05) is 27.2 Å². The second-order valence-electron chi connectivity index (χ2n) is 6.12. The number of esters is 1. The smallest absolute Gasteiger partial charge is 0.310 e. The van der Waals surface area contributed by atoms with Gasteiger partial charge in [-0.05, 0) is 32.5 Å². The average molecular weight is 312 g/mol. The molecule has 0 spiro atoms. The molecule has 1 aliphatic rings. The average Bonchev–Trinajstić information content (AvgIpc) is 2.92. The van der Waals surface area contributed by atoms with Gasteiger partial charge in [0.2, 0.25) is 0 Å². The van der Waals surface area contributed by atoms with Gasteiger partial charge in [0.25, 0.3) is 0 Å². The van der Waals surface area contributed by atoms with Crippen LogP contribution in [0.4, 0.5) is 8.78 Å². The number of halogens is 2. The molecule has 0 aliphatic carbocycles. The van der Waals surface area contributed by atoms with Gasteiger partial charge in [-0.1, -0.05) is 6.07 Å². The number of ether oxygens (including phenoxy) is 1. The highest BCUT2D eigenvalue weighted by Crippen LogP contribution is 2.37. The number of benzene rings is 1. The normalized spacial score (nSPS) is 22.8. The molecule has 1 N–H and O–H groups in total. The Morgan fingerprint density at radius 3 is 2.59 bits per heavy atom. The summed E-state index contributed by atoms with van der Waals surface area (Å²) in [7, 11) is 3.16. The molecule has 0 unspecified atom stereocenters. The molecule has 2 atom stereocenters. The quantitative estimate of drug-likeness (QED) is 0.865. The Morgan fingerprint density at radius 1 is 1.36 bits per heavy atom. The molecule has 1 aromatic carbocycles. The van der Waals surface area contributed by atoms with Crippen LogP contribution in [0.5, 0.6) is 0 Å². The number of methoxy groups -OCH3 is 1. The van der Waals surface area contributed by atoms with E-state index >= 15 is 0 Å². The van der Waals surface area contributed by atoms with E-state index in [1.165, 1.54) is 19.2 Å². The van der Waals surface area contributed by atoms with E-state index in [2.05, 4.69) is 10.2 Å². The molecule has 1 fully saturated rings. The Kier molecular flexibility index (Phi) is 4.82. The molecule has 1 heterocycles. The molecule has 0 bridgehead atoms. The zero-order chi connectivity index (χ0) is 16.5. The van der Waals surface area contributed by atoms with Gasteiger partial charge in [-0.3, -0.25) is 9.69 Å². The highest BCUT2D eigenvalue weighted by Gasteiger charge is 2.44. The number of hydrogen-bond acceptors (Lipinski definition) is 4. The first-order valence-corrected chi connectivity index (χ1v) is 7.27. The third-order valence-electron chi connectivity index (χ3n) is 4.59. The Bertz CT molecular complexity index is 563. The summed E-state index contributed by atoms with van der Waals surface area (Å²) in [6.45, 7) is 4.94. The van der Waals surface area contributed by atoms with E-state index in [9.17, 15) is 13.6 Å². The monoisotopic (exact) mass is 312 g/mol. The van der Waals surface area contributed by atoms with Gasteiger partial charge in [-0.15, -0.1) is 0 Å². The van der Waals surface area contributed by atoms with Gasteiger partial charge in [-0.25, -0.2) is 8.78 Å². The molecule has 1 aliphatic heterocycles. The van der Waals surface area contributed by atoms with E-state index in [1.807, 2.05) is 20.9 Å². The van der Waals surface area contributed by atoms with Crippen molar-refractivity contribution < 1.29 is 18.3 Å². The number of hydrogen-bond donors (Lipinski definition) is 1. The van der Waals surface area contributed by atoms with Crippen LogP contribution in [-0.2, 0) is 9.53 Å². The first kappa shape index (κ1) is 16.8. The molecule has 0 amide bonds. The van der Waals surface area contributed by atoms with Crippen LogP contribution >= 0.6 is 0 Å². The van der Waals surface area contributed by atoms with Crippen molar-refractivity contribution in [2.24, 2.45) is 5.92 Å². The zero-order valence-corrected chi connectivity index (χ0v) is 13.3. The first-order valence-electron chi connectivity index (χ1n) is 7.27. The molecule has 22 heavy (non-hydrogen) atoms. The van der Waals surface area contributed by atoms with Crippen LogP contribution in [0, 0.1) is 17.6 Å². The van der Waals surface area contributed by atoms with Crippen molar-refractivity contribution in [3.05, 3.63) is 35.4 Å². The van der Waals surface area contributed by atoms with Crippen molar-refractivity contribution >= 4 is 5.97 Å².